The zero-order valence-electron chi connectivity index (χ0n) is 20.4. The lowest BCUT2D eigenvalue weighted by Gasteiger charge is -2.15. The van der Waals surface area contributed by atoms with E-state index in [-0.39, 0.29) is 0 Å². The number of rotatable bonds is 0. The molecule has 0 saturated carbocycles. The molecule has 0 rings (SSSR count). The predicted molar refractivity (Wildman–Crippen MR) is 231 cm³/mol. The second-order valence-corrected chi connectivity index (χ2v) is 24.0. The van der Waals surface area contributed by atoms with Gasteiger partial charge in [-0.05, 0) is 0 Å². The molecule has 0 heterocycles. The van der Waals surface area contributed by atoms with E-state index in [0.29, 0.717) is 0 Å². The van der Waals surface area contributed by atoms with Crippen LogP contribution in [0.2, 0.25) is 0 Å². The Morgan fingerprint density at radius 2 is 0.400 bits per heavy atom. The summed E-state index contributed by atoms with van der Waals surface area (Å²) in [6.07, 6.45) is 0. The fourth-order valence-corrected chi connectivity index (χ4v) is 0.761. The highest BCUT2D eigenvalue weighted by Crippen LogP contribution is 2.27. The first-order chi connectivity index (χ1) is 19.4. The van der Waals surface area contributed by atoms with Crippen LogP contribution in [-0.2, 0) is 4.79 Å². The summed E-state index contributed by atoms with van der Waals surface area (Å²) in [5, 5.41) is 0. The maximum Gasteiger partial charge on any atom is 0.274 e. The van der Waals surface area contributed by atoms with Gasteiger partial charge in [0.2, 0.25) is 0 Å². The molecule has 0 aromatic carbocycles. The lowest BCUT2D eigenvalue weighted by molar-refractivity contribution is -0.127. The van der Waals surface area contributed by atoms with E-state index in [1.165, 1.54) is 19.0 Å². The van der Waals surface area contributed by atoms with E-state index in [2.05, 4.69) is 0 Å². The molecule has 0 N–H and O–H groups in total. The van der Waals surface area contributed by atoms with Crippen molar-refractivity contribution >= 4 is 354 Å². The minimum absolute atomic E-state index is 0.535. The second-order valence-electron chi connectivity index (χ2n) is 3.92. The van der Waals surface area contributed by atoms with Gasteiger partial charge in [0.15, 0.2) is 38.7 Å². The van der Waals surface area contributed by atoms with Gasteiger partial charge in [-0.2, -0.15) is 0 Å². The number of alkyl halides is 30. The Balaban J connectivity index is -0.0000000385. The monoisotopic (exact) mass is 1250 g/mol. The fourth-order valence-electron chi connectivity index (χ4n) is 0.254. The van der Waals surface area contributed by atoms with E-state index in [4.69, 9.17) is 348 Å². The Kier molecular flexibility index (Phi) is 106. The summed E-state index contributed by atoms with van der Waals surface area (Å²) in [6.45, 7) is 0. The normalized spacial score (nSPS) is 9.44. The molecule has 0 radical (unpaired) electrons. The van der Waals surface area contributed by atoms with Crippen molar-refractivity contribution < 1.29 is 4.79 Å². The molecule has 0 unspecified atom stereocenters. The van der Waals surface area contributed by atoms with Crippen LogP contribution in [0.3, 0.4) is 0 Å². The Bertz CT molecular complexity index is 361. The Hall–Kier alpha value is 8.17. The summed E-state index contributed by atoms with van der Waals surface area (Å²) in [5.74, 6) is -0.535. The summed E-state index contributed by atoms with van der Waals surface area (Å²) in [4.78, 5) is 11.9. The molecule has 1 amide bonds. The van der Waals surface area contributed by atoms with Crippen LogP contribution in [0.4, 0.5) is 0 Å². The molecule has 0 bridgehead atoms. The number of carbonyl (C=O) groups excluding carboxylic acids is 1. The number of amides is 1. The second kappa shape index (κ2) is 61.4. The summed E-state index contributed by atoms with van der Waals surface area (Å²) >= 11 is 145. The molecule has 0 aliphatic rings. The maximum absolute atomic E-state index is 10.7. The SMILES string of the molecule is CN(C)C(=O)C(Cl)(Cl)Cl.ClC(Cl)Cl.ClC(Cl)Cl.ClC(Cl)Cl.ClC(Cl)Cl.ClC(Cl)Cl.ClC(Cl)Cl.ClC(Cl)Cl.ClC(Cl)Cl.ClC(Cl)Cl. The molecule has 0 saturated heterocycles. The van der Waals surface area contributed by atoms with Crippen molar-refractivity contribution in [3.8, 4) is 0 Å². The third-order valence-electron chi connectivity index (χ3n) is 0.649. The zero-order valence-corrected chi connectivity index (χ0v) is 43.1. The topological polar surface area (TPSA) is 20.3 Å². The smallest absolute Gasteiger partial charge is 0.274 e. The minimum Gasteiger partial charge on any atom is -0.345 e. The van der Waals surface area contributed by atoms with Gasteiger partial charge in [0, 0.05) is 14.1 Å². The summed E-state index contributed by atoms with van der Waals surface area (Å²) in [5.41, 5.74) is 0. The lowest BCUT2D eigenvalue weighted by atomic mass is 10.6. The summed E-state index contributed by atoms with van der Waals surface area (Å²) < 4.78 is -8.57. The highest BCUT2D eigenvalue weighted by Gasteiger charge is 2.31. The molecule has 288 valence electrons. The number of nitrogens with zero attached hydrogens (tertiary/aromatic N) is 1. The maximum atomic E-state index is 10.7. The molecular weight excluding hydrogens is 1250 g/mol. The molecule has 0 aromatic rings. The first-order valence-electron chi connectivity index (χ1n) is 8.03. The highest BCUT2D eigenvalue weighted by molar-refractivity contribution is 6.76. The van der Waals surface area contributed by atoms with Gasteiger partial charge in [-0.25, -0.2) is 0 Å². The van der Waals surface area contributed by atoms with E-state index in [0.717, 1.165) is 0 Å². The van der Waals surface area contributed by atoms with Gasteiger partial charge < -0.3 is 4.90 Å². The first kappa shape index (κ1) is 77.7. The van der Waals surface area contributed by atoms with Gasteiger partial charge in [0.25, 0.3) is 9.70 Å². The third-order valence-corrected chi connectivity index (χ3v) is 1.13. The number of hydrogen-bond donors (Lipinski definition) is 0. The van der Waals surface area contributed by atoms with Gasteiger partial charge in [0.05, 0.1) is 0 Å². The molecule has 0 aromatic heterocycles. The molecule has 2 nitrogen and oxygen atoms in total. The Morgan fingerprint density at radius 3 is 0.400 bits per heavy atom. The zero-order chi connectivity index (χ0) is 39.9. The van der Waals surface area contributed by atoms with Gasteiger partial charge in [-0.3, -0.25) is 4.79 Å². The third kappa shape index (κ3) is 398. The minimum atomic E-state index is -1.82. The molecular formula is C13H15Cl30NO. The Labute approximate surface area is 413 Å². The van der Waals surface area contributed by atoms with Crippen LogP contribution < -0.4 is 0 Å². The fraction of sp³-hybridized carbons (Fsp3) is 0.923. The Morgan fingerprint density at radius 1 is 0.333 bits per heavy atom. The van der Waals surface area contributed by atoms with Crippen LogP contribution in [-0.4, -0.2) is 67.4 Å². The first-order valence-corrected chi connectivity index (χ1v) is 20.9. The quantitative estimate of drug-likeness (QED) is 0.221. The van der Waals surface area contributed by atoms with Gasteiger partial charge in [-0.1, -0.05) is 348 Å². The van der Waals surface area contributed by atoms with Crippen LogP contribution in [0.5, 0.6) is 0 Å². The van der Waals surface area contributed by atoms with Crippen molar-refractivity contribution in [2.45, 2.75) is 42.5 Å². The van der Waals surface area contributed by atoms with Crippen molar-refractivity contribution in [1.82, 2.24) is 4.90 Å². The molecule has 0 aliphatic carbocycles. The van der Waals surface area contributed by atoms with E-state index >= 15 is 0 Å². The summed E-state index contributed by atoms with van der Waals surface area (Å²) in [6, 6.07) is 0. The standard InChI is InChI=1S/C4H6Cl3NO.9CHCl3/c1-8(2)3(9)4(5,6)7;9*2-1(3)4/h1-2H3;9*1H. The molecule has 32 heteroatoms. The van der Waals surface area contributed by atoms with Gasteiger partial charge in [-0.15, -0.1) is 0 Å². The number of carbonyl (C=O) groups is 1. The van der Waals surface area contributed by atoms with Crippen molar-refractivity contribution in [1.29, 1.82) is 0 Å². The molecule has 45 heavy (non-hydrogen) atoms. The van der Waals surface area contributed by atoms with Crippen LogP contribution in [0, 0.1) is 0 Å². The molecule has 0 fully saturated rings. The highest BCUT2D eigenvalue weighted by atomic mass is 35.6. The number of hydrogen-bond acceptors (Lipinski definition) is 1. The van der Waals surface area contributed by atoms with Crippen molar-refractivity contribution in [2.24, 2.45) is 0 Å². The summed E-state index contributed by atoms with van der Waals surface area (Å²) in [7, 11) is 3.04. The van der Waals surface area contributed by atoms with Crippen LogP contribution >= 0.6 is 348 Å². The van der Waals surface area contributed by atoms with E-state index in [1.54, 1.807) is 0 Å². The molecule has 0 spiro atoms. The predicted octanol–water partition coefficient (Wildman–Crippen LogP) is 19.3. The van der Waals surface area contributed by atoms with Gasteiger partial charge in [0.1, 0.15) is 0 Å². The molecule has 0 aliphatic heterocycles. The van der Waals surface area contributed by atoms with Crippen molar-refractivity contribution in [3.63, 3.8) is 0 Å². The average molecular weight is 1260 g/mol. The van der Waals surface area contributed by atoms with Crippen LogP contribution in [0.25, 0.3) is 0 Å². The largest absolute Gasteiger partial charge is 0.345 e. The lowest BCUT2D eigenvalue weighted by Crippen LogP contribution is -2.33. The average Bonchev–Trinajstić information content (AvgIpc) is 2.62. The van der Waals surface area contributed by atoms with E-state index in [1.807, 2.05) is 0 Å². The van der Waals surface area contributed by atoms with Crippen molar-refractivity contribution in [2.75, 3.05) is 14.1 Å². The number of halogens is 30. The van der Waals surface area contributed by atoms with Crippen LogP contribution in [0.15, 0.2) is 0 Å². The molecule has 0 atom stereocenters. The van der Waals surface area contributed by atoms with E-state index in [9.17, 15) is 4.79 Å². The van der Waals surface area contributed by atoms with Crippen LogP contribution in [0.1, 0.15) is 0 Å². The van der Waals surface area contributed by atoms with Crippen molar-refractivity contribution in [3.05, 3.63) is 0 Å². The van der Waals surface area contributed by atoms with E-state index < -0.39 is 48.4 Å². The van der Waals surface area contributed by atoms with Gasteiger partial charge >= 0.3 is 0 Å².